The Morgan fingerprint density at radius 2 is 2.29 bits per heavy atom. The molecule has 1 heterocycles. The van der Waals surface area contributed by atoms with E-state index in [0.29, 0.717) is 18.0 Å². The Hall–Kier alpha value is -0.200. The SMILES string of the molecule is CC1CN(C(C)CC(N)=S)S(=O)(=O)C1. The minimum Gasteiger partial charge on any atom is -0.393 e. The first kappa shape index (κ1) is 11.9. The van der Waals surface area contributed by atoms with E-state index in [9.17, 15) is 8.42 Å². The summed E-state index contributed by atoms with van der Waals surface area (Å²) in [4.78, 5) is 0.368. The van der Waals surface area contributed by atoms with Crippen molar-refractivity contribution in [1.29, 1.82) is 0 Å². The van der Waals surface area contributed by atoms with Crippen LogP contribution in [-0.2, 0) is 10.0 Å². The van der Waals surface area contributed by atoms with E-state index in [0.717, 1.165) is 0 Å². The Morgan fingerprint density at radius 3 is 2.64 bits per heavy atom. The van der Waals surface area contributed by atoms with Gasteiger partial charge in [0.15, 0.2) is 0 Å². The lowest BCUT2D eigenvalue weighted by atomic mass is 10.2. The molecule has 2 N–H and O–H groups in total. The highest BCUT2D eigenvalue weighted by Crippen LogP contribution is 2.22. The van der Waals surface area contributed by atoms with Gasteiger partial charge < -0.3 is 5.73 Å². The standard InChI is InChI=1S/C8H16N2O2S2/c1-6-4-10(14(11,12)5-6)7(2)3-8(9)13/h6-7H,3-5H2,1-2H3,(H2,9,13). The van der Waals surface area contributed by atoms with Crippen molar-refractivity contribution < 1.29 is 8.42 Å². The van der Waals surface area contributed by atoms with Crippen molar-refractivity contribution in [2.45, 2.75) is 26.3 Å². The topological polar surface area (TPSA) is 63.4 Å². The Balaban J connectivity index is 2.73. The molecule has 1 saturated heterocycles. The van der Waals surface area contributed by atoms with Crippen LogP contribution in [0.1, 0.15) is 20.3 Å². The molecule has 1 aliphatic heterocycles. The molecular weight excluding hydrogens is 220 g/mol. The van der Waals surface area contributed by atoms with Crippen molar-refractivity contribution in [2.75, 3.05) is 12.3 Å². The number of hydrogen-bond acceptors (Lipinski definition) is 3. The van der Waals surface area contributed by atoms with Gasteiger partial charge in [-0.2, -0.15) is 4.31 Å². The van der Waals surface area contributed by atoms with Crippen molar-refractivity contribution in [3.05, 3.63) is 0 Å². The van der Waals surface area contributed by atoms with Gasteiger partial charge in [-0.05, 0) is 12.8 Å². The van der Waals surface area contributed by atoms with E-state index in [1.807, 2.05) is 13.8 Å². The molecular formula is C8H16N2O2S2. The molecule has 1 rings (SSSR count). The van der Waals surface area contributed by atoms with Crippen LogP contribution in [-0.4, -0.2) is 36.1 Å². The van der Waals surface area contributed by atoms with Gasteiger partial charge in [0.05, 0.1) is 10.7 Å². The number of sulfonamides is 1. The third kappa shape index (κ3) is 2.65. The lowest BCUT2D eigenvalue weighted by Gasteiger charge is -2.22. The van der Waals surface area contributed by atoms with Crippen molar-refractivity contribution in [2.24, 2.45) is 11.7 Å². The zero-order chi connectivity index (χ0) is 10.9. The van der Waals surface area contributed by atoms with Gasteiger partial charge in [-0.3, -0.25) is 0 Å². The van der Waals surface area contributed by atoms with Crippen molar-refractivity contribution in [1.82, 2.24) is 4.31 Å². The molecule has 82 valence electrons. The predicted octanol–water partition coefficient (Wildman–Crippen LogP) is 0.333. The lowest BCUT2D eigenvalue weighted by Crippen LogP contribution is -2.37. The number of nitrogens with zero attached hydrogens (tertiary/aromatic N) is 1. The van der Waals surface area contributed by atoms with E-state index in [4.69, 9.17) is 18.0 Å². The molecule has 0 aromatic heterocycles. The van der Waals surface area contributed by atoms with Crippen molar-refractivity contribution in [3.63, 3.8) is 0 Å². The van der Waals surface area contributed by atoms with E-state index >= 15 is 0 Å². The molecule has 1 aliphatic rings. The maximum atomic E-state index is 11.6. The smallest absolute Gasteiger partial charge is 0.214 e. The highest BCUT2D eigenvalue weighted by atomic mass is 32.2. The van der Waals surface area contributed by atoms with Gasteiger partial charge in [-0.1, -0.05) is 19.1 Å². The van der Waals surface area contributed by atoms with Crippen molar-refractivity contribution in [3.8, 4) is 0 Å². The average molecular weight is 236 g/mol. The van der Waals surface area contributed by atoms with Gasteiger partial charge in [0, 0.05) is 19.0 Å². The molecule has 1 fully saturated rings. The summed E-state index contributed by atoms with van der Waals surface area (Å²) in [6.07, 6.45) is 0.460. The average Bonchev–Trinajstić information content (AvgIpc) is 2.22. The quantitative estimate of drug-likeness (QED) is 0.717. The summed E-state index contributed by atoms with van der Waals surface area (Å²) >= 11 is 4.77. The molecule has 0 saturated carbocycles. The van der Waals surface area contributed by atoms with E-state index in [-0.39, 0.29) is 17.7 Å². The van der Waals surface area contributed by atoms with E-state index in [1.54, 1.807) is 0 Å². The summed E-state index contributed by atoms with van der Waals surface area (Å²) < 4.78 is 24.8. The van der Waals surface area contributed by atoms with E-state index in [1.165, 1.54) is 4.31 Å². The van der Waals surface area contributed by atoms with Crippen LogP contribution in [0.25, 0.3) is 0 Å². The van der Waals surface area contributed by atoms with Gasteiger partial charge in [-0.25, -0.2) is 8.42 Å². The van der Waals surface area contributed by atoms with Crippen LogP contribution in [0.5, 0.6) is 0 Å². The molecule has 0 aromatic carbocycles. The number of rotatable bonds is 3. The molecule has 0 amide bonds. The monoisotopic (exact) mass is 236 g/mol. The molecule has 14 heavy (non-hydrogen) atoms. The normalized spacial score (nSPS) is 28.9. The number of hydrogen-bond donors (Lipinski definition) is 1. The Bertz CT molecular complexity index is 326. The first-order valence-corrected chi connectivity index (χ1v) is 6.62. The predicted molar refractivity (Wildman–Crippen MR) is 60.5 cm³/mol. The molecule has 0 aromatic rings. The minimum absolute atomic E-state index is 0.109. The van der Waals surface area contributed by atoms with Crippen LogP contribution < -0.4 is 5.73 Å². The second kappa shape index (κ2) is 4.12. The summed E-state index contributed by atoms with van der Waals surface area (Å²) in [5.41, 5.74) is 5.39. The van der Waals surface area contributed by atoms with Gasteiger partial charge >= 0.3 is 0 Å². The zero-order valence-corrected chi connectivity index (χ0v) is 10.1. The second-order valence-electron chi connectivity index (χ2n) is 3.97. The zero-order valence-electron chi connectivity index (χ0n) is 8.43. The van der Waals surface area contributed by atoms with Crippen LogP contribution in [0.2, 0.25) is 0 Å². The number of thiocarbonyl (C=S) groups is 1. The summed E-state index contributed by atoms with van der Waals surface area (Å²) in [6, 6.07) is -0.109. The Kier molecular flexibility index (Phi) is 3.49. The number of nitrogens with two attached hydrogens (primary N) is 1. The summed E-state index contributed by atoms with van der Waals surface area (Å²) in [6.45, 7) is 4.37. The van der Waals surface area contributed by atoms with Crippen LogP contribution in [0, 0.1) is 5.92 Å². The minimum atomic E-state index is -3.06. The second-order valence-corrected chi connectivity index (χ2v) is 6.46. The fourth-order valence-electron chi connectivity index (χ4n) is 1.78. The molecule has 2 unspecified atom stereocenters. The third-order valence-electron chi connectivity index (χ3n) is 2.33. The summed E-state index contributed by atoms with van der Waals surface area (Å²) in [7, 11) is -3.06. The molecule has 0 bridgehead atoms. The van der Waals surface area contributed by atoms with Crippen molar-refractivity contribution >= 4 is 27.2 Å². The largest absolute Gasteiger partial charge is 0.393 e. The van der Waals surface area contributed by atoms with Gasteiger partial charge in [0.2, 0.25) is 10.0 Å². The van der Waals surface area contributed by atoms with Gasteiger partial charge in [0.25, 0.3) is 0 Å². The molecule has 0 spiro atoms. The van der Waals surface area contributed by atoms with Crippen LogP contribution in [0.3, 0.4) is 0 Å². The Labute approximate surface area is 90.5 Å². The first-order valence-electron chi connectivity index (χ1n) is 4.60. The Morgan fingerprint density at radius 1 is 1.71 bits per heavy atom. The maximum absolute atomic E-state index is 11.6. The van der Waals surface area contributed by atoms with E-state index < -0.39 is 10.0 Å². The van der Waals surface area contributed by atoms with E-state index in [2.05, 4.69) is 0 Å². The maximum Gasteiger partial charge on any atom is 0.214 e. The summed E-state index contributed by atoms with van der Waals surface area (Å²) in [5, 5.41) is 0. The highest BCUT2D eigenvalue weighted by Gasteiger charge is 2.36. The first-order chi connectivity index (χ1) is 6.33. The molecule has 2 atom stereocenters. The third-order valence-corrected chi connectivity index (χ3v) is 4.71. The fraction of sp³-hybridized carbons (Fsp3) is 0.875. The van der Waals surface area contributed by atoms with Gasteiger partial charge in [0.1, 0.15) is 0 Å². The van der Waals surface area contributed by atoms with Crippen LogP contribution in [0.4, 0.5) is 0 Å². The fourth-order valence-corrected chi connectivity index (χ4v) is 4.14. The highest BCUT2D eigenvalue weighted by molar-refractivity contribution is 7.89. The van der Waals surface area contributed by atoms with Crippen LogP contribution >= 0.6 is 12.2 Å². The molecule has 0 radical (unpaired) electrons. The molecule has 0 aliphatic carbocycles. The van der Waals surface area contributed by atoms with Gasteiger partial charge in [-0.15, -0.1) is 0 Å². The lowest BCUT2D eigenvalue weighted by molar-refractivity contribution is 0.345. The molecule has 6 heteroatoms. The summed E-state index contributed by atoms with van der Waals surface area (Å²) in [5.74, 6) is 0.447. The molecule has 4 nitrogen and oxygen atoms in total. The van der Waals surface area contributed by atoms with Crippen LogP contribution in [0.15, 0.2) is 0 Å².